The number of benzene rings is 3. The Hall–Kier alpha value is -2.58. The van der Waals surface area contributed by atoms with E-state index in [2.05, 4.69) is 99.7 Å². The highest BCUT2D eigenvalue weighted by Gasteiger charge is 2.51. The van der Waals surface area contributed by atoms with Crippen LogP contribution >= 0.6 is 0 Å². The zero-order valence-corrected chi connectivity index (χ0v) is 22.6. The van der Waals surface area contributed by atoms with Crippen LogP contribution in [0, 0.1) is 11.3 Å². The lowest BCUT2D eigenvalue weighted by atomic mass is 9.49. The van der Waals surface area contributed by atoms with Gasteiger partial charge in [-0.3, -0.25) is 0 Å². The lowest BCUT2D eigenvalue weighted by molar-refractivity contribution is 0.0257. The van der Waals surface area contributed by atoms with Crippen LogP contribution in [0.3, 0.4) is 0 Å². The molecule has 3 aromatic rings. The third-order valence-corrected chi connectivity index (χ3v) is 9.20. The van der Waals surface area contributed by atoms with Gasteiger partial charge in [0.15, 0.2) is 0 Å². The maximum absolute atomic E-state index is 5.96. The molecule has 2 nitrogen and oxygen atoms in total. The van der Waals surface area contributed by atoms with Gasteiger partial charge in [-0.15, -0.1) is 0 Å². The Morgan fingerprint density at radius 2 is 1.69 bits per heavy atom. The van der Waals surface area contributed by atoms with Gasteiger partial charge in [-0.2, -0.15) is 0 Å². The number of nitrogens with one attached hydrogen (secondary N) is 1. The van der Waals surface area contributed by atoms with Gasteiger partial charge >= 0.3 is 0 Å². The molecule has 1 saturated carbocycles. The second-order valence-corrected chi connectivity index (χ2v) is 12.1. The van der Waals surface area contributed by atoms with E-state index in [1.165, 1.54) is 48.8 Å². The van der Waals surface area contributed by atoms with Crippen molar-refractivity contribution in [3.63, 3.8) is 0 Å². The van der Waals surface area contributed by atoms with Crippen LogP contribution < -0.4 is 10.1 Å². The third-order valence-electron chi connectivity index (χ3n) is 9.20. The molecule has 0 radical (unpaired) electrons. The van der Waals surface area contributed by atoms with E-state index in [1.54, 1.807) is 11.1 Å². The normalized spacial score (nSPS) is 25.3. The first kappa shape index (κ1) is 25.1. The van der Waals surface area contributed by atoms with Gasteiger partial charge in [0.2, 0.25) is 0 Å². The zero-order valence-electron chi connectivity index (χ0n) is 22.6. The zero-order chi connectivity index (χ0) is 25.2. The van der Waals surface area contributed by atoms with Gasteiger partial charge in [0, 0.05) is 13.1 Å². The Labute approximate surface area is 218 Å². The summed E-state index contributed by atoms with van der Waals surface area (Å²) in [5.74, 6) is 2.27. The van der Waals surface area contributed by atoms with Crippen molar-refractivity contribution in [2.45, 2.75) is 84.3 Å². The van der Waals surface area contributed by atoms with E-state index in [-0.39, 0.29) is 0 Å². The molecular formula is C34H43NO. The maximum Gasteiger partial charge on any atom is 0.119 e. The minimum atomic E-state index is 0.301. The van der Waals surface area contributed by atoms with E-state index < -0.39 is 0 Å². The summed E-state index contributed by atoms with van der Waals surface area (Å²) in [6, 6.07) is 26.3. The molecular weight excluding hydrogens is 438 g/mol. The Kier molecular flexibility index (Phi) is 7.26. The lowest BCUT2D eigenvalue weighted by Crippen LogP contribution is -2.52. The summed E-state index contributed by atoms with van der Waals surface area (Å²) in [5, 5.41) is 3.85. The van der Waals surface area contributed by atoms with Crippen molar-refractivity contribution in [1.29, 1.82) is 0 Å². The molecule has 2 aliphatic carbocycles. The molecule has 5 rings (SSSR count). The van der Waals surface area contributed by atoms with Crippen LogP contribution in [0.1, 0.15) is 87.1 Å². The first-order valence-corrected chi connectivity index (χ1v) is 14.0. The van der Waals surface area contributed by atoms with E-state index in [0.717, 1.165) is 24.8 Å². The summed E-state index contributed by atoms with van der Waals surface area (Å²) in [5.41, 5.74) is 7.90. The van der Waals surface area contributed by atoms with Gasteiger partial charge in [0.1, 0.15) is 12.4 Å². The van der Waals surface area contributed by atoms with Crippen molar-refractivity contribution in [2.24, 2.45) is 11.3 Å². The molecule has 3 aromatic carbocycles. The van der Waals surface area contributed by atoms with Crippen LogP contribution in [-0.2, 0) is 25.0 Å². The monoisotopic (exact) mass is 481 g/mol. The second kappa shape index (κ2) is 10.4. The van der Waals surface area contributed by atoms with E-state index in [9.17, 15) is 0 Å². The van der Waals surface area contributed by atoms with E-state index in [0.29, 0.717) is 23.4 Å². The van der Waals surface area contributed by atoms with Crippen LogP contribution in [0.15, 0.2) is 72.8 Å². The Bertz CT molecular complexity index is 1150. The van der Waals surface area contributed by atoms with E-state index >= 15 is 0 Å². The van der Waals surface area contributed by atoms with Crippen molar-refractivity contribution in [3.05, 3.63) is 101 Å². The molecule has 190 valence electrons. The topological polar surface area (TPSA) is 21.3 Å². The highest BCUT2D eigenvalue weighted by molar-refractivity contribution is 5.42. The quantitative estimate of drug-likeness (QED) is 0.350. The highest BCUT2D eigenvalue weighted by atomic mass is 16.5. The number of hydrogen-bond acceptors (Lipinski definition) is 2. The van der Waals surface area contributed by atoms with Gasteiger partial charge in [-0.25, -0.2) is 0 Å². The standard InChI is InChI=1S/C34H43NO/c1-25(2)28-13-17-31-29(21-28)14-18-32-33(3,19-8-20-34(31,32)4)24-35-22-26-11-15-30(16-12-26)36-23-27-9-6-5-7-10-27/h5-7,9-13,15-17,21,25,32,35H,8,14,18-20,22-24H2,1-4H3/t32-,33-,34+/m0/s1. The average Bonchev–Trinajstić information content (AvgIpc) is 2.88. The molecule has 0 saturated heterocycles. The highest BCUT2D eigenvalue weighted by Crippen LogP contribution is 2.57. The van der Waals surface area contributed by atoms with Crippen molar-refractivity contribution < 1.29 is 4.74 Å². The molecule has 0 aliphatic heterocycles. The van der Waals surface area contributed by atoms with E-state index in [1.807, 2.05) is 6.07 Å². The van der Waals surface area contributed by atoms with Gasteiger partial charge < -0.3 is 10.1 Å². The number of ether oxygens (including phenoxy) is 1. The van der Waals surface area contributed by atoms with E-state index in [4.69, 9.17) is 4.74 Å². The summed E-state index contributed by atoms with van der Waals surface area (Å²) in [6.45, 7) is 12.3. The minimum absolute atomic E-state index is 0.301. The first-order valence-electron chi connectivity index (χ1n) is 14.0. The molecule has 36 heavy (non-hydrogen) atoms. The van der Waals surface area contributed by atoms with Gasteiger partial charge in [-0.1, -0.05) is 94.8 Å². The largest absolute Gasteiger partial charge is 0.489 e. The molecule has 0 heterocycles. The molecule has 0 amide bonds. The third kappa shape index (κ3) is 5.11. The van der Waals surface area contributed by atoms with Crippen molar-refractivity contribution in [2.75, 3.05) is 6.54 Å². The predicted octanol–water partition coefficient (Wildman–Crippen LogP) is 8.19. The molecule has 3 atom stereocenters. The van der Waals surface area contributed by atoms with Crippen molar-refractivity contribution in [1.82, 2.24) is 5.32 Å². The summed E-state index contributed by atoms with van der Waals surface area (Å²) >= 11 is 0. The Balaban J connectivity index is 1.20. The molecule has 2 aliphatic rings. The summed E-state index contributed by atoms with van der Waals surface area (Å²) < 4.78 is 5.96. The fourth-order valence-electron chi connectivity index (χ4n) is 7.15. The van der Waals surface area contributed by atoms with Crippen LogP contribution in [0.4, 0.5) is 0 Å². The van der Waals surface area contributed by atoms with Crippen molar-refractivity contribution in [3.8, 4) is 5.75 Å². The number of aryl methyl sites for hydroxylation is 1. The van der Waals surface area contributed by atoms with Gasteiger partial charge in [0.25, 0.3) is 0 Å². The summed E-state index contributed by atoms with van der Waals surface area (Å²) in [4.78, 5) is 0. The van der Waals surface area contributed by atoms with Crippen LogP contribution in [-0.4, -0.2) is 6.54 Å². The number of hydrogen-bond donors (Lipinski definition) is 1. The van der Waals surface area contributed by atoms with Crippen molar-refractivity contribution >= 4 is 0 Å². The van der Waals surface area contributed by atoms with Crippen LogP contribution in [0.25, 0.3) is 0 Å². The van der Waals surface area contributed by atoms with Gasteiger partial charge in [-0.05, 0) is 88.3 Å². The molecule has 1 N–H and O–H groups in total. The minimum Gasteiger partial charge on any atom is -0.489 e. The molecule has 0 spiro atoms. The smallest absolute Gasteiger partial charge is 0.119 e. The SMILES string of the molecule is CC(C)c1ccc2c(c1)CC[C@H]1[C@](C)(CNCc3ccc(OCc4ccccc4)cc3)CCC[C@]21C. The lowest BCUT2D eigenvalue weighted by Gasteiger charge is -2.55. The van der Waals surface area contributed by atoms with Crippen LogP contribution in [0.5, 0.6) is 5.75 Å². The Morgan fingerprint density at radius 3 is 2.44 bits per heavy atom. The maximum atomic E-state index is 5.96. The summed E-state index contributed by atoms with van der Waals surface area (Å²) in [7, 11) is 0. The molecule has 0 unspecified atom stereocenters. The predicted molar refractivity (Wildman–Crippen MR) is 151 cm³/mol. The average molecular weight is 482 g/mol. The number of fused-ring (bicyclic) bond motifs is 3. The second-order valence-electron chi connectivity index (χ2n) is 12.1. The van der Waals surface area contributed by atoms with Gasteiger partial charge in [0.05, 0.1) is 0 Å². The number of rotatable bonds is 8. The fraction of sp³-hybridized carbons (Fsp3) is 0.471. The fourth-order valence-corrected chi connectivity index (χ4v) is 7.15. The van der Waals surface area contributed by atoms with Crippen LogP contribution in [0.2, 0.25) is 0 Å². The Morgan fingerprint density at radius 1 is 0.917 bits per heavy atom. The molecule has 0 aromatic heterocycles. The molecule has 2 heteroatoms. The summed E-state index contributed by atoms with van der Waals surface area (Å²) in [6.07, 6.45) is 6.52. The first-order chi connectivity index (χ1) is 17.4. The molecule has 1 fully saturated rings. The molecule has 0 bridgehead atoms.